The fraction of sp³-hybridized carbons (Fsp3) is 0.273. The minimum atomic E-state index is -0.535. The topological polar surface area (TPSA) is 47.4 Å². The lowest BCUT2D eigenvalue weighted by Gasteiger charge is -2.35. The van der Waals surface area contributed by atoms with E-state index in [4.69, 9.17) is 4.74 Å². The van der Waals surface area contributed by atoms with Gasteiger partial charge in [0.05, 0.1) is 6.20 Å². The van der Waals surface area contributed by atoms with Gasteiger partial charge in [0.2, 0.25) is 0 Å². The summed E-state index contributed by atoms with van der Waals surface area (Å²) in [4.78, 5) is 15.0. The van der Waals surface area contributed by atoms with E-state index in [1.807, 2.05) is 67.7 Å². The molecule has 2 aromatic carbocycles. The summed E-state index contributed by atoms with van der Waals surface area (Å²) in [6, 6.07) is 17.8. The lowest BCUT2D eigenvalue weighted by molar-refractivity contribution is -0.139. The van der Waals surface area contributed by atoms with Gasteiger partial charge in [-0.15, -0.1) is 0 Å². The molecule has 2 heterocycles. The van der Waals surface area contributed by atoms with Crippen LogP contribution >= 0.6 is 0 Å². The molecule has 0 fully saturated rings. The molecule has 0 saturated carbocycles. The van der Waals surface area contributed by atoms with E-state index in [-0.39, 0.29) is 11.8 Å². The Hall–Kier alpha value is -3.08. The minimum absolute atomic E-state index is 0.00208. The highest BCUT2D eigenvalue weighted by Crippen LogP contribution is 2.33. The van der Waals surface area contributed by atoms with E-state index in [1.165, 1.54) is 11.1 Å². The summed E-state index contributed by atoms with van der Waals surface area (Å²) in [5.41, 5.74) is 3.57. The van der Waals surface area contributed by atoms with Crippen molar-refractivity contribution in [3.63, 3.8) is 0 Å². The number of ether oxygens (including phenoxy) is 1. The second kappa shape index (κ2) is 7.27. The highest BCUT2D eigenvalue weighted by atomic mass is 16.5. The molecule has 0 saturated heterocycles. The molecule has 0 N–H and O–H groups in total. The third kappa shape index (κ3) is 3.58. The van der Waals surface area contributed by atoms with Crippen LogP contribution in [0.3, 0.4) is 0 Å². The molecule has 0 bridgehead atoms. The molecule has 0 spiro atoms. The molecular weight excluding hydrogens is 338 g/mol. The maximum atomic E-state index is 13.1. The van der Waals surface area contributed by atoms with Gasteiger partial charge in [-0.05, 0) is 35.7 Å². The van der Waals surface area contributed by atoms with E-state index in [0.29, 0.717) is 18.8 Å². The number of para-hydroxylation sites is 1. The number of carbonyl (C=O) groups is 1. The Balaban J connectivity index is 1.58. The Bertz CT molecular complexity index is 935. The number of fused-ring (bicyclic) bond motifs is 1. The number of aromatic nitrogens is 2. The largest absolute Gasteiger partial charge is 0.481 e. The van der Waals surface area contributed by atoms with Crippen LogP contribution < -0.4 is 4.74 Å². The van der Waals surface area contributed by atoms with Gasteiger partial charge in [0.1, 0.15) is 5.75 Å². The molecule has 27 heavy (non-hydrogen) atoms. The minimum Gasteiger partial charge on any atom is -0.481 e. The number of hydrogen-bond donors (Lipinski definition) is 0. The van der Waals surface area contributed by atoms with E-state index >= 15 is 0 Å². The SMILES string of the molecule is CC(Oc1ccccc1)C(=O)N1Cc2ccccc2C(c2cnn(C)c2)C1. The number of aryl methyl sites for hydroxylation is 1. The third-order valence-electron chi connectivity index (χ3n) is 5.04. The summed E-state index contributed by atoms with van der Waals surface area (Å²) in [6.07, 6.45) is 3.38. The molecule has 1 aromatic heterocycles. The van der Waals surface area contributed by atoms with Crippen molar-refractivity contribution in [3.8, 4) is 5.75 Å². The average molecular weight is 361 g/mol. The van der Waals surface area contributed by atoms with E-state index in [0.717, 1.165) is 5.56 Å². The molecule has 4 rings (SSSR count). The molecule has 0 radical (unpaired) electrons. The highest BCUT2D eigenvalue weighted by Gasteiger charge is 2.32. The summed E-state index contributed by atoms with van der Waals surface area (Å²) in [6.45, 7) is 3.05. The zero-order chi connectivity index (χ0) is 18.8. The van der Waals surface area contributed by atoms with Crippen LogP contribution in [0, 0.1) is 0 Å². The Morgan fingerprint density at radius 3 is 2.63 bits per heavy atom. The van der Waals surface area contributed by atoms with Gasteiger partial charge in [0.25, 0.3) is 5.91 Å². The quantitative estimate of drug-likeness (QED) is 0.716. The van der Waals surface area contributed by atoms with Gasteiger partial charge in [0.15, 0.2) is 6.10 Å². The standard InChI is InChI=1S/C22H23N3O2/c1-16(27-19-9-4-3-5-10-19)22(26)25-14-17-8-6-7-11-20(17)21(15-25)18-12-23-24(2)13-18/h3-13,16,21H,14-15H2,1-2H3. The number of carbonyl (C=O) groups excluding carboxylic acids is 1. The molecule has 3 aromatic rings. The van der Waals surface area contributed by atoms with Gasteiger partial charge >= 0.3 is 0 Å². The van der Waals surface area contributed by atoms with Crippen LogP contribution in [0.2, 0.25) is 0 Å². The van der Waals surface area contributed by atoms with Gasteiger partial charge in [0, 0.05) is 32.3 Å². The zero-order valence-corrected chi connectivity index (χ0v) is 15.6. The smallest absolute Gasteiger partial charge is 0.263 e. The second-order valence-electron chi connectivity index (χ2n) is 6.99. The van der Waals surface area contributed by atoms with Crippen molar-refractivity contribution in [2.45, 2.75) is 25.5 Å². The predicted octanol–water partition coefficient (Wildman–Crippen LogP) is 3.36. The average Bonchev–Trinajstić information content (AvgIpc) is 3.13. The van der Waals surface area contributed by atoms with Crippen molar-refractivity contribution < 1.29 is 9.53 Å². The molecule has 1 amide bonds. The van der Waals surface area contributed by atoms with Crippen LogP contribution in [0.25, 0.3) is 0 Å². The number of amides is 1. The van der Waals surface area contributed by atoms with Gasteiger partial charge in [-0.1, -0.05) is 42.5 Å². The molecule has 0 aliphatic carbocycles. The summed E-state index contributed by atoms with van der Waals surface area (Å²) in [5, 5.41) is 4.31. The van der Waals surface area contributed by atoms with Crippen molar-refractivity contribution in [2.24, 2.45) is 7.05 Å². The Kier molecular flexibility index (Phi) is 4.67. The number of benzene rings is 2. The summed E-state index contributed by atoms with van der Waals surface area (Å²) in [7, 11) is 1.91. The van der Waals surface area contributed by atoms with Crippen LogP contribution in [0.4, 0.5) is 0 Å². The number of nitrogens with zero attached hydrogens (tertiary/aromatic N) is 3. The first-order valence-electron chi connectivity index (χ1n) is 9.18. The van der Waals surface area contributed by atoms with E-state index in [2.05, 4.69) is 23.3 Å². The number of rotatable bonds is 4. The summed E-state index contributed by atoms with van der Waals surface area (Å²) in [5.74, 6) is 0.832. The molecule has 138 valence electrons. The maximum absolute atomic E-state index is 13.1. The van der Waals surface area contributed by atoms with Crippen molar-refractivity contribution in [1.29, 1.82) is 0 Å². The lowest BCUT2D eigenvalue weighted by Crippen LogP contribution is -2.44. The molecule has 5 nitrogen and oxygen atoms in total. The molecular formula is C22H23N3O2. The first-order chi connectivity index (χ1) is 13.1. The summed E-state index contributed by atoms with van der Waals surface area (Å²) >= 11 is 0. The van der Waals surface area contributed by atoms with E-state index < -0.39 is 6.10 Å². The van der Waals surface area contributed by atoms with E-state index in [9.17, 15) is 4.79 Å². The van der Waals surface area contributed by atoms with Crippen molar-refractivity contribution in [3.05, 3.63) is 83.7 Å². The second-order valence-corrected chi connectivity index (χ2v) is 6.99. The van der Waals surface area contributed by atoms with Gasteiger partial charge in [-0.3, -0.25) is 9.48 Å². The maximum Gasteiger partial charge on any atom is 0.263 e. The van der Waals surface area contributed by atoms with Gasteiger partial charge < -0.3 is 9.64 Å². The Labute approximate surface area is 159 Å². The fourth-order valence-corrected chi connectivity index (χ4v) is 3.69. The summed E-state index contributed by atoms with van der Waals surface area (Å²) < 4.78 is 7.66. The fourth-order valence-electron chi connectivity index (χ4n) is 3.69. The molecule has 1 aliphatic rings. The van der Waals surface area contributed by atoms with Crippen molar-refractivity contribution in [1.82, 2.24) is 14.7 Å². The van der Waals surface area contributed by atoms with Crippen molar-refractivity contribution in [2.75, 3.05) is 6.54 Å². The van der Waals surface area contributed by atoms with Crippen molar-refractivity contribution >= 4 is 5.91 Å². The normalized spacial score (nSPS) is 17.3. The van der Waals surface area contributed by atoms with Crippen LogP contribution in [0.15, 0.2) is 67.0 Å². The Morgan fingerprint density at radius 2 is 1.89 bits per heavy atom. The lowest BCUT2D eigenvalue weighted by atomic mass is 9.86. The van der Waals surface area contributed by atoms with Crippen LogP contribution in [0.5, 0.6) is 5.75 Å². The monoisotopic (exact) mass is 361 g/mol. The first-order valence-corrected chi connectivity index (χ1v) is 9.18. The van der Waals surface area contributed by atoms with Gasteiger partial charge in [-0.2, -0.15) is 5.10 Å². The van der Waals surface area contributed by atoms with Crippen LogP contribution in [-0.2, 0) is 18.4 Å². The van der Waals surface area contributed by atoms with E-state index in [1.54, 1.807) is 4.68 Å². The first kappa shape index (κ1) is 17.3. The Morgan fingerprint density at radius 1 is 1.15 bits per heavy atom. The zero-order valence-electron chi connectivity index (χ0n) is 15.6. The highest BCUT2D eigenvalue weighted by molar-refractivity contribution is 5.81. The molecule has 2 atom stereocenters. The van der Waals surface area contributed by atoms with Crippen LogP contribution in [0.1, 0.15) is 29.5 Å². The molecule has 1 aliphatic heterocycles. The molecule has 5 heteroatoms. The van der Waals surface area contributed by atoms with Gasteiger partial charge in [-0.25, -0.2) is 0 Å². The van der Waals surface area contributed by atoms with Crippen LogP contribution in [-0.4, -0.2) is 33.2 Å². The number of hydrogen-bond acceptors (Lipinski definition) is 3. The third-order valence-corrected chi connectivity index (χ3v) is 5.04. The molecule has 2 unspecified atom stereocenters. The predicted molar refractivity (Wildman–Crippen MR) is 103 cm³/mol.